The average molecular weight is 295 g/mol. The molecule has 0 saturated carbocycles. The van der Waals surface area contributed by atoms with Crippen LogP contribution in [0, 0.1) is 6.92 Å². The molecule has 106 valence electrons. The topological polar surface area (TPSA) is 133 Å². The molecule has 9 heteroatoms. The molecule has 1 aromatic carbocycles. The van der Waals surface area contributed by atoms with Gasteiger partial charge in [-0.15, -0.1) is 0 Å². The molecule has 0 aliphatic carbocycles. The molecule has 0 atom stereocenters. The summed E-state index contributed by atoms with van der Waals surface area (Å²) in [6.07, 6.45) is 1.23. The zero-order valence-corrected chi connectivity index (χ0v) is 11.3. The maximum absolute atomic E-state index is 12.1. The molecule has 1 aromatic heterocycles. The summed E-state index contributed by atoms with van der Waals surface area (Å²) in [6.45, 7) is 1.65. The quantitative estimate of drug-likeness (QED) is 0.284. The molecule has 5 N–H and O–H groups in total. The van der Waals surface area contributed by atoms with Crippen molar-refractivity contribution in [1.29, 1.82) is 0 Å². The molecule has 0 radical (unpaired) electrons. The van der Waals surface area contributed by atoms with Crippen molar-refractivity contribution < 1.29 is 13.6 Å². The highest BCUT2D eigenvalue weighted by Gasteiger charge is 2.16. The molecule has 0 spiro atoms. The van der Waals surface area contributed by atoms with E-state index in [-0.39, 0.29) is 10.9 Å². The lowest BCUT2D eigenvalue weighted by molar-refractivity contribution is 0.318. The minimum Gasteiger partial charge on any atom is -0.409 e. The number of rotatable bonds is 4. The summed E-state index contributed by atoms with van der Waals surface area (Å²) in [6, 6.07) is 6.18. The summed E-state index contributed by atoms with van der Waals surface area (Å²) in [5.74, 6) is 0.388. The monoisotopic (exact) mass is 295 g/mol. The Kier molecular flexibility index (Phi) is 3.61. The first-order valence-electron chi connectivity index (χ1n) is 5.55. The normalized spacial score (nSPS) is 12.3. The molecule has 0 bridgehead atoms. The van der Waals surface area contributed by atoms with Gasteiger partial charge in [-0.25, -0.2) is 4.98 Å². The van der Waals surface area contributed by atoms with E-state index in [9.17, 15) is 8.42 Å². The molecule has 0 unspecified atom stereocenters. The van der Waals surface area contributed by atoms with Crippen LogP contribution in [0.15, 0.2) is 40.6 Å². The Labute approximate surface area is 115 Å². The average Bonchev–Trinajstić information content (AvgIpc) is 2.85. The summed E-state index contributed by atoms with van der Waals surface area (Å²) >= 11 is 0. The number of amidine groups is 1. The van der Waals surface area contributed by atoms with Gasteiger partial charge in [-0.2, -0.15) is 8.42 Å². The molecular formula is C11H13N5O3S. The first-order valence-corrected chi connectivity index (χ1v) is 7.03. The number of aromatic amines is 1. The molecule has 0 fully saturated rings. The maximum Gasteiger partial charge on any atom is 0.278 e. The summed E-state index contributed by atoms with van der Waals surface area (Å²) in [5, 5.41) is 11.4. The Balaban J connectivity index is 2.30. The second-order valence-electron chi connectivity index (χ2n) is 4.00. The zero-order chi connectivity index (χ0) is 14.8. The number of nitrogens with zero attached hydrogens (tertiary/aromatic N) is 2. The SMILES string of the molecule is Cc1ncc(S(=O)(=O)Nc2cccc(C(N)=NO)c2)[nH]1. The predicted molar refractivity (Wildman–Crippen MR) is 73.1 cm³/mol. The lowest BCUT2D eigenvalue weighted by atomic mass is 10.2. The van der Waals surface area contributed by atoms with Gasteiger partial charge in [0.15, 0.2) is 10.9 Å². The number of sulfonamides is 1. The zero-order valence-electron chi connectivity index (χ0n) is 10.5. The smallest absolute Gasteiger partial charge is 0.278 e. The Morgan fingerprint density at radius 3 is 2.85 bits per heavy atom. The van der Waals surface area contributed by atoms with Crippen LogP contribution in [-0.2, 0) is 10.0 Å². The van der Waals surface area contributed by atoms with Crippen LogP contribution in [0.1, 0.15) is 11.4 Å². The van der Waals surface area contributed by atoms with E-state index >= 15 is 0 Å². The number of oxime groups is 1. The van der Waals surface area contributed by atoms with Gasteiger partial charge in [0.1, 0.15) is 5.82 Å². The van der Waals surface area contributed by atoms with Gasteiger partial charge in [0, 0.05) is 11.3 Å². The standard InChI is InChI=1S/C11H13N5O3S/c1-7-13-6-10(14-7)20(18,19)16-9-4-2-3-8(5-9)11(12)15-17/h2-6,16-17H,1H3,(H2,12,15)(H,13,14). The maximum atomic E-state index is 12.1. The Hall–Kier alpha value is -2.55. The van der Waals surface area contributed by atoms with E-state index in [2.05, 4.69) is 19.8 Å². The number of imidazole rings is 1. The van der Waals surface area contributed by atoms with Gasteiger partial charge >= 0.3 is 0 Å². The molecule has 0 amide bonds. The van der Waals surface area contributed by atoms with Crippen molar-refractivity contribution in [1.82, 2.24) is 9.97 Å². The van der Waals surface area contributed by atoms with E-state index in [1.807, 2.05) is 0 Å². The third-order valence-corrected chi connectivity index (χ3v) is 3.78. The van der Waals surface area contributed by atoms with Gasteiger partial charge in [0.05, 0.1) is 6.20 Å². The highest BCUT2D eigenvalue weighted by Crippen LogP contribution is 2.16. The fourth-order valence-electron chi connectivity index (χ4n) is 1.54. The van der Waals surface area contributed by atoms with Gasteiger partial charge in [0.2, 0.25) is 0 Å². The van der Waals surface area contributed by atoms with Gasteiger partial charge < -0.3 is 15.9 Å². The van der Waals surface area contributed by atoms with E-state index < -0.39 is 10.0 Å². The van der Waals surface area contributed by atoms with Crippen molar-refractivity contribution >= 4 is 21.5 Å². The third kappa shape index (κ3) is 2.88. The number of hydrogen-bond acceptors (Lipinski definition) is 5. The minimum atomic E-state index is -3.75. The molecule has 0 saturated heterocycles. The Morgan fingerprint density at radius 1 is 1.50 bits per heavy atom. The number of hydrogen-bond donors (Lipinski definition) is 4. The van der Waals surface area contributed by atoms with Gasteiger partial charge in [-0.05, 0) is 19.1 Å². The molecule has 2 aromatic rings. The van der Waals surface area contributed by atoms with Crippen LogP contribution >= 0.6 is 0 Å². The highest BCUT2D eigenvalue weighted by molar-refractivity contribution is 7.92. The molecular weight excluding hydrogens is 282 g/mol. The van der Waals surface area contributed by atoms with Gasteiger partial charge in [0.25, 0.3) is 10.0 Å². The predicted octanol–water partition coefficient (Wildman–Crippen LogP) is 0.613. The number of nitrogens with two attached hydrogens (primary N) is 1. The van der Waals surface area contributed by atoms with E-state index in [0.717, 1.165) is 0 Å². The molecule has 0 aliphatic rings. The van der Waals surface area contributed by atoms with Crippen LogP contribution in [0.25, 0.3) is 0 Å². The Bertz CT molecular complexity index is 751. The van der Waals surface area contributed by atoms with E-state index in [0.29, 0.717) is 17.1 Å². The number of benzene rings is 1. The lowest BCUT2D eigenvalue weighted by Gasteiger charge is -2.07. The first kappa shape index (κ1) is 13.9. The molecule has 1 heterocycles. The third-order valence-electron chi connectivity index (χ3n) is 2.49. The number of aromatic nitrogens is 2. The van der Waals surface area contributed by atoms with Crippen molar-refractivity contribution in [2.45, 2.75) is 11.9 Å². The van der Waals surface area contributed by atoms with Crippen molar-refractivity contribution in [3.8, 4) is 0 Å². The van der Waals surface area contributed by atoms with Crippen molar-refractivity contribution in [3.05, 3.63) is 41.9 Å². The second kappa shape index (κ2) is 5.21. The summed E-state index contributed by atoms with van der Waals surface area (Å²) in [5.41, 5.74) is 6.14. The fourth-order valence-corrected chi connectivity index (χ4v) is 2.57. The number of H-pyrrole nitrogens is 1. The van der Waals surface area contributed by atoms with E-state index in [1.54, 1.807) is 25.1 Å². The molecule has 0 aliphatic heterocycles. The summed E-state index contributed by atoms with van der Waals surface area (Å²) in [4.78, 5) is 6.47. The van der Waals surface area contributed by atoms with Crippen molar-refractivity contribution in [3.63, 3.8) is 0 Å². The lowest BCUT2D eigenvalue weighted by Crippen LogP contribution is -2.16. The highest BCUT2D eigenvalue weighted by atomic mass is 32.2. The fraction of sp³-hybridized carbons (Fsp3) is 0.0909. The van der Waals surface area contributed by atoms with Crippen LogP contribution in [0.3, 0.4) is 0 Å². The summed E-state index contributed by atoms with van der Waals surface area (Å²) in [7, 11) is -3.75. The van der Waals surface area contributed by atoms with Gasteiger partial charge in [-0.1, -0.05) is 17.3 Å². The molecule has 8 nitrogen and oxygen atoms in total. The van der Waals surface area contributed by atoms with Gasteiger partial charge in [-0.3, -0.25) is 4.72 Å². The van der Waals surface area contributed by atoms with E-state index in [1.165, 1.54) is 12.3 Å². The second-order valence-corrected chi connectivity index (χ2v) is 5.66. The number of anilines is 1. The van der Waals surface area contributed by atoms with E-state index in [4.69, 9.17) is 10.9 Å². The van der Waals surface area contributed by atoms with Crippen molar-refractivity contribution in [2.24, 2.45) is 10.9 Å². The minimum absolute atomic E-state index is 0.0378. The van der Waals surface area contributed by atoms with Crippen LogP contribution in [-0.4, -0.2) is 29.4 Å². The number of nitrogens with one attached hydrogen (secondary N) is 2. The first-order chi connectivity index (χ1) is 9.42. The number of aryl methyl sites for hydroxylation is 1. The van der Waals surface area contributed by atoms with Crippen molar-refractivity contribution in [2.75, 3.05) is 4.72 Å². The van der Waals surface area contributed by atoms with Crippen LogP contribution < -0.4 is 10.5 Å². The summed E-state index contributed by atoms with van der Waals surface area (Å²) < 4.78 is 26.5. The van der Waals surface area contributed by atoms with Crippen LogP contribution in [0.2, 0.25) is 0 Å². The largest absolute Gasteiger partial charge is 0.409 e. The van der Waals surface area contributed by atoms with Crippen LogP contribution in [0.5, 0.6) is 0 Å². The molecule has 20 heavy (non-hydrogen) atoms. The molecule has 2 rings (SSSR count). The van der Waals surface area contributed by atoms with Crippen LogP contribution in [0.4, 0.5) is 5.69 Å². The Morgan fingerprint density at radius 2 is 2.25 bits per heavy atom.